The van der Waals surface area contributed by atoms with Gasteiger partial charge in [-0.05, 0) is 34.5 Å². The van der Waals surface area contributed by atoms with Gasteiger partial charge in [-0.1, -0.05) is 55.5 Å². The summed E-state index contributed by atoms with van der Waals surface area (Å²) in [5.41, 5.74) is 3.37. The summed E-state index contributed by atoms with van der Waals surface area (Å²) < 4.78 is 2.26. The van der Waals surface area contributed by atoms with E-state index in [-0.39, 0.29) is 5.91 Å². The van der Waals surface area contributed by atoms with Gasteiger partial charge >= 0.3 is 0 Å². The summed E-state index contributed by atoms with van der Waals surface area (Å²) in [5.74, 6) is 1.08. The molecule has 0 spiro atoms. The molecule has 4 rings (SSSR count). The van der Waals surface area contributed by atoms with Crippen LogP contribution in [-0.2, 0) is 17.8 Å². The first-order valence-electron chi connectivity index (χ1n) is 9.43. The molecule has 0 saturated carbocycles. The first-order valence-corrected chi connectivity index (χ1v) is 9.43. The van der Waals surface area contributed by atoms with E-state index in [0.717, 1.165) is 23.4 Å². The minimum atomic E-state index is 0.0761. The zero-order chi connectivity index (χ0) is 18.6. The van der Waals surface area contributed by atoms with E-state index in [1.54, 1.807) is 0 Å². The molecule has 1 aromatic heterocycles. The van der Waals surface area contributed by atoms with Crippen molar-refractivity contribution < 1.29 is 4.79 Å². The normalized spacial score (nSPS) is 11.1. The van der Waals surface area contributed by atoms with Crippen LogP contribution in [0.3, 0.4) is 0 Å². The van der Waals surface area contributed by atoms with Crippen LogP contribution in [0.5, 0.6) is 0 Å². The Balaban J connectivity index is 1.65. The van der Waals surface area contributed by atoms with Crippen LogP contribution < -0.4 is 5.32 Å². The summed E-state index contributed by atoms with van der Waals surface area (Å²) in [6, 6.07) is 23.2. The number of fused-ring (bicyclic) bond motifs is 2. The number of benzene rings is 3. The Labute approximate surface area is 158 Å². The van der Waals surface area contributed by atoms with E-state index >= 15 is 0 Å². The summed E-state index contributed by atoms with van der Waals surface area (Å²) in [6.45, 7) is 3.24. The van der Waals surface area contributed by atoms with Gasteiger partial charge in [-0.3, -0.25) is 4.79 Å². The summed E-state index contributed by atoms with van der Waals surface area (Å²) in [4.78, 5) is 16.3. The molecular formula is C23H23N3O. The molecule has 1 N–H and O–H groups in total. The number of nitrogens with zero attached hydrogens (tertiary/aromatic N) is 2. The van der Waals surface area contributed by atoms with Gasteiger partial charge in [0.2, 0.25) is 5.91 Å². The maximum absolute atomic E-state index is 11.5. The molecule has 0 aliphatic carbocycles. The van der Waals surface area contributed by atoms with Gasteiger partial charge in [-0.2, -0.15) is 0 Å². The molecule has 4 heteroatoms. The first-order chi connectivity index (χ1) is 13.2. The minimum Gasteiger partial charge on any atom is -0.356 e. The highest BCUT2D eigenvalue weighted by molar-refractivity contribution is 5.83. The molecule has 1 heterocycles. The van der Waals surface area contributed by atoms with Crippen molar-refractivity contribution in [1.29, 1.82) is 0 Å². The number of nitrogens with one attached hydrogen (secondary N) is 1. The van der Waals surface area contributed by atoms with Gasteiger partial charge < -0.3 is 9.88 Å². The van der Waals surface area contributed by atoms with E-state index in [2.05, 4.69) is 58.4 Å². The van der Waals surface area contributed by atoms with Crippen LogP contribution >= 0.6 is 0 Å². The summed E-state index contributed by atoms with van der Waals surface area (Å²) >= 11 is 0. The molecule has 0 saturated heterocycles. The van der Waals surface area contributed by atoms with Gasteiger partial charge in [0.25, 0.3) is 0 Å². The smallest absolute Gasteiger partial charge is 0.219 e. The lowest BCUT2D eigenvalue weighted by molar-refractivity contribution is -0.120. The zero-order valence-electron chi connectivity index (χ0n) is 15.5. The van der Waals surface area contributed by atoms with Gasteiger partial charge in [0, 0.05) is 25.9 Å². The van der Waals surface area contributed by atoms with E-state index in [1.807, 2.05) is 25.1 Å². The maximum Gasteiger partial charge on any atom is 0.219 e. The molecule has 0 atom stereocenters. The fourth-order valence-electron chi connectivity index (χ4n) is 3.45. The van der Waals surface area contributed by atoms with Crippen molar-refractivity contribution in [2.75, 3.05) is 6.54 Å². The number of imidazole rings is 1. The molecule has 4 aromatic rings. The van der Waals surface area contributed by atoms with Crippen molar-refractivity contribution in [2.24, 2.45) is 0 Å². The first kappa shape index (κ1) is 17.3. The fraction of sp³-hybridized carbons (Fsp3) is 0.217. The summed E-state index contributed by atoms with van der Waals surface area (Å²) in [6.07, 6.45) is 1.22. The van der Waals surface area contributed by atoms with Crippen molar-refractivity contribution in [3.8, 4) is 0 Å². The second kappa shape index (κ2) is 7.62. The van der Waals surface area contributed by atoms with E-state index in [4.69, 9.17) is 4.98 Å². The molecule has 3 aromatic carbocycles. The molecule has 136 valence electrons. The summed E-state index contributed by atoms with van der Waals surface area (Å²) in [7, 11) is 0. The van der Waals surface area contributed by atoms with Crippen molar-refractivity contribution in [3.63, 3.8) is 0 Å². The van der Waals surface area contributed by atoms with Gasteiger partial charge in [-0.25, -0.2) is 4.98 Å². The van der Waals surface area contributed by atoms with Crippen molar-refractivity contribution >= 4 is 27.7 Å². The molecular weight excluding hydrogens is 334 g/mol. The third kappa shape index (κ3) is 3.70. The fourth-order valence-corrected chi connectivity index (χ4v) is 3.45. The molecule has 0 radical (unpaired) electrons. The topological polar surface area (TPSA) is 46.9 Å². The van der Waals surface area contributed by atoms with Gasteiger partial charge in [-0.15, -0.1) is 0 Å². The molecule has 27 heavy (non-hydrogen) atoms. The largest absolute Gasteiger partial charge is 0.356 e. The van der Waals surface area contributed by atoms with E-state index in [0.29, 0.717) is 19.4 Å². The second-order valence-electron chi connectivity index (χ2n) is 6.74. The Morgan fingerprint density at radius 3 is 2.63 bits per heavy atom. The van der Waals surface area contributed by atoms with Crippen LogP contribution in [0, 0.1) is 0 Å². The van der Waals surface area contributed by atoms with Crippen LogP contribution in [0.15, 0.2) is 66.7 Å². The monoisotopic (exact) mass is 357 g/mol. The lowest BCUT2D eigenvalue weighted by atomic mass is 10.1. The van der Waals surface area contributed by atoms with Crippen LogP contribution in [0.25, 0.3) is 21.8 Å². The number of carbonyl (C=O) groups is 1. The van der Waals surface area contributed by atoms with E-state index in [9.17, 15) is 4.79 Å². The van der Waals surface area contributed by atoms with Crippen molar-refractivity contribution in [2.45, 2.75) is 26.3 Å². The van der Waals surface area contributed by atoms with Crippen LogP contribution in [0.2, 0.25) is 0 Å². The van der Waals surface area contributed by atoms with Crippen LogP contribution in [-0.4, -0.2) is 22.0 Å². The number of hydrogen-bond acceptors (Lipinski definition) is 2. The van der Waals surface area contributed by atoms with E-state index in [1.165, 1.54) is 16.3 Å². The maximum atomic E-state index is 11.5. The lowest BCUT2D eigenvalue weighted by Crippen LogP contribution is -2.25. The van der Waals surface area contributed by atoms with Gasteiger partial charge in [0.05, 0.1) is 11.0 Å². The highest BCUT2D eigenvalue weighted by atomic mass is 16.1. The minimum absolute atomic E-state index is 0.0761. The number of para-hydroxylation sites is 2. The van der Waals surface area contributed by atoms with Gasteiger partial charge in [0.1, 0.15) is 5.82 Å². The highest BCUT2D eigenvalue weighted by Gasteiger charge is 2.11. The third-order valence-corrected chi connectivity index (χ3v) is 4.88. The Morgan fingerprint density at radius 1 is 1.00 bits per heavy atom. The molecule has 0 bridgehead atoms. The molecule has 0 aliphatic heterocycles. The number of carbonyl (C=O) groups excluding carboxylic acids is 1. The second-order valence-corrected chi connectivity index (χ2v) is 6.74. The average Bonchev–Trinajstić information content (AvgIpc) is 3.05. The van der Waals surface area contributed by atoms with Crippen LogP contribution in [0.1, 0.15) is 24.7 Å². The molecule has 0 unspecified atom stereocenters. The lowest BCUT2D eigenvalue weighted by Gasteiger charge is -2.11. The molecule has 1 amide bonds. The van der Waals surface area contributed by atoms with Crippen LogP contribution in [0.4, 0.5) is 0 Å². The molecule has 4 nitrogen and oxygen atoms in total. The number of rotatable bonds is 6. The highest BCUT2D eigenvalue weighted by Crippen LogP contribution is 2.21. The quantitative estimate of drug-likeness (QED) is 0.559. The SMILES string of the molecule is CCC(=O)NCCc1nc2ccccc2n1Cc1ccc2ccccc2c1. The predicted octanol–water partition coefficient (Wildman–Crippen LogP) is 4.31. The van der Waals surface area contributed by atoms with Crippen molar-refractivity contribution in [1.82, 2.24) is 14.9 Å². The number of aromatic nitrogens is 2. The van der Waals surface area contributed by atoms with Crippen molar-refractivity contribution in [3.05, 3.63) is 78.1 Å². The third-order valence-electron chi connectivity index (χ3n) is 4.88. The standard InChI is InChI=1S/C23H23N3O/c1-2-23(27)24-14-13-22-25-20-9-5-6-10-21(20)26(22)16-17-11-12-18-7-3-4-8-19(18)15-17/h3-12,15H,2,13-14,16H2,1H3,(H,24,27). The number of amides is 1. The Kier molecular flexibility index (Phi) is 4.88. The molecule has 0 fully saturated rings. The molecule has 0 aliphatic rings. The number of hydrogen-bond donors (Lipinski definition) is 1. The zero-order valence-corrected chi connectivity index (χ0v) is 15.5. The Bertz CT molecular complexity index is 1100. The predicted molar refractivity (Wildman–Crippen MR) is 110 cm³/mol. The van der Waals surface area contributed by atoms with E-state index < -0.39 is 0 Å². The average molecular weight is 357 g/mol. The Hall–Kier alpha value is -3.14. The Morgan fingerprint density at radius 2 is 1.78 bits per heavy atom. The summed E-state index contributed by atoms with van der Waals surface area (Å²) in [5, 5.41) is 5.44. The van der Waals surface area contributed by atoms with Gasteiger partial charge in [0.15, 0.2) is 0 Å².